The largest absolute Gasteiger partial charge is 0.480 e. The molecule has 0 aromatic heterocycles. The number of aliphatic hydroxyl groups excluding tert-OH is 1. The topological polar surface area (TPSA) is 113 Å². The highest BCUT2D eigenvalue weighted by atomic mass is 32.2. The molecule has 6 nitrogen and oxygen atoms in total. The van der Waals surface area contributed by atoms with Crippen LogP contribution in [0.3, 0.4) is 0 Å². The van der Waals surface area contributed by atoms with Gasteiger partial charge in [0.2, 0.25) is 5.91 Å². The molecule has 94 valence electrons. The van der Waals surface area contributed by atoms with Crippen molar-refractivity contribution in [3.8, 4) is 0 Å². The Kier molecular flexibility index (Phi) is 7.11. The van der Waals surface area contributed by atoms with Crippen molar-refractivity contribution in [1.29, 1.82) is 0 Å². The van der Waals surface area contributed by atoms with Crippen LogP contribution in [-0.2, 0) is 9.59 Å². The van der Waals surface area contributed by atoms with Gasteiger partial charge >= 0.3 is 5.97 Å². The third-order valence-electron chi connectivity index (χ3n) is 2.05. The molecule has 1 unspecified atom stereocenters. The van der Waals surface area contributed by atoms with Crippen molar-refractivity contribution in [1.82, 2.24) is 5.32 Å². The number of hydrogen-bond donors (Lipinski definition) is 4. The summed E-state index contributed by atoms with van der Waals surface area (Å²) in [4.78, 5) is 22.2. The number of carboxylic acids is 1. The monoisotopic (exact) mass is 250 g/mol. The number of carbonyl (C=O) groups excluding carboxylic acids is 1. The number of nitrogens with one attached hydrogen (secondary N) is 1. The summed E-state index contributed by atoms with van der Waals surface area (Å²) in [6.45, 7) is 1.38. The normalized spacial score (nSPS) is 16.2. The van der Waals surface area contributed by atoms with E-state index in [-0.39, 0.29) is 0 Å². The molecular formula is C9H18N2O4S. The number of thioether (sulfide) groups is 1. The van der Waals surface area contributed by atoms with Crippen molar-refractivity contribution in [3.63, 3.8) is 0 Å². The average molecular weight is 250 g/mol. The number of aliphatic carboxylic acids is 1. The van der Waals surface area contributed by atoms with Crippen LogP contribution < -0.4 is 11.1 Å². The minimum atomic E-state index is -1.10. The summed E-state index contributed by atoms with van der Waals surface area (Å²) in [5, 5.41) is 20.2. The van der Waals surface area contributed by atoms with Crippen LogP contribution in [0.2, 0.25) is 0 Å². The fourth-order valence-electron chi connectivity index (χ4n) is 0.980. The lowest BCUT2D eigenvalue weighted by atomic mass is 10.1. The molecule has 0 heterocycles. The number of rotatable bonds is 7. The smallest absolute Gasteiger partial charge is 0.326 e. The third kappa shape index (κ3) is 5.34. The van der Waals surface area contributed by atoms with Gasteiger partial charge in [0.15, 0.2) is 0 Å². The van der Waals surface area contributed by atoms with Crippen molar-refractivity contribution >= 4 is 23.6 Å². The maximum atomic E-state index is 11.4. The molecule has 16 heavy (non-hydrogen) atoms. The van der Waals surface area contributed by atoms with Gasteiger partial charge in [-0.25, -0.2) is 4.79 Å². The lowest BCUT2D eigenvalue weighted by Crippen LogP contribution is -2.52. The Labute approximate surface area is 98.6 Å². The minimum Gasteiger partial charge on any atom is -0.480 e. The number of aliphatic hydroxyl groups is 1. The number of hydrogen-bond acceptors (Lipinski definition) is 5. The van der Waals surface area contributed by atoms with Gasteiger partial charge in [0.1, 0.15) is 12.1 Å². The van der Waals surface area contributed by atoms with Gasteiger partial charge in [-0.1, -0.05) is 0 Å². The van der Waals surface area contributed by atoms with Gasteiger partial charge in [-0.2, -0.15) is 11.8 Å². The van der Waals surface area contributed by atoms with Gasteiger partial charge in [0, 0.05) is 0 Å². The van der Waals surface area contributed by atoms with Crippen LogP contribution >= 0.6 is 11.8 Å². The van der Waals surface area contributed by atoms with Crippen LogP contribution in [0.1, 0.15) is 13.3 Å². The highest BCUT2D eigenvalue weighted by Gasteiger charge is 2.25. The zero-order valence-electron chi connectivity index (χ0n) is 9.34. The summed E-state index contributed by atoms with van der Waals surface area (Å²) in [5.74, 6) is -1.12. The average Bonchev–Trinajstić information content (AvgIpc) is 2.21. The van der Waals surface area contributed by atoms with Crippen LogP contribution in [0.15, 0.2) is 0 Å². The lowest BCUT2D eigenvalue weighted by Gasteiger charge is -2.18. The maximum absolute atomic E-state index is 11.4. The van der Waals surface area contributed by atoms with Gasteiger partial charge in [0.25, 0.3) is 0 Å². The molecule has 0 radical (unpaired) electrons. The number of amides is 1. The molecule has 0 bridgehead atoms. The van der Waals surface area contributed by atoms with Gasteiger partial charge in [-0.15, -0.1) is 0 Å². The fraction of sp³-hybridized carbons (Fsp3) is 0.778. The van der Waals surface area contributed by atoms with E-state index in [1.807, 2.05) is 6.26 Å². The zero-order chi connectivity index (χ0) is 12.7. The van der Waals surface area contributed by atoms with E-state index in [2.05, 4.69) is 5.32 Å². The molecule has 5 N–H and O–H groups in total. The van der Waals surface area contributed by atoms with E-state index in [1.54, 1.807) is 0 Å². The van der Waals surface area contributed by atoms with Crippen molar-refractivity contribution in [2.75, 3.05) is 12.0 Å². The SMILES string of the molecule is CSCC[C@@H](NC(=O)[C@@H](N)C(C)O)C(=O)O. The van der Waals surface area contributed by atoms with Gasteiger partial charge in [0.05, 0.1) is 6.10 Å². The molecule has 0 saturated carbocycles. The molecule has 3 atom stereocenters. The Morgan fingerprint density at radius 3 is 2.44 bits per heavy atom. The van der Waals surface area contributed by atoms with E-state index < -0.39 is 30.1 Å². The summed E-state index contributed by atoms with van der Waals surface area (Å²) in [6.07, 6.45) is 1.17. The van der Waals surface area contributed by atoms with Crippen LogP contribution in [0.25, 0.3) is 0 Å². The summed E-state index contributed by atoms with van der Waals surface area (Å²) in [5.41, 5.74) is 5.38. The zero-order valence-corrected chi connectivity index (χ0v) is 10.2. The Balaban J connectivity index is 4.28. The van der Waals surface area contributed by atoms with E-state index in [4.69, 9.17) is 15.9 Å². The fourth-order valence-corrected chi connectivity index (χ4v) is 1.45. The van der Waals surface area contributed by atoms with Crippen LogP contribution in [0.5, 0.6) is 0 Å². The maximum Gasteiger partial charge on any atom is 0.326 e. The van der Waals surface area contributed by atoms with Gasteiger partial charge in [-0.3, -0.25) is 4.79 Å². The Morgan fingerprint density at radius 1 is 1.50 bits per heavy atom. The third-order valence-corrected chi connectivity index (χ3v) is 2.69. The molecule has 0 spiro atoms. The number of carbonyl (C=O) groups is 2. The minimum absolute atomic E-state index is 0.328. The van der Waals surface area contributed by atoms with E-state index in [9.17, 15) is 9.59 Å². The molecule has 0 fully saturated rings. The molecule has 0 aromatic rings. The molecule has 1 amide bonds. The lowest BCUT2D eigenvalue weighted by molar-refractivity contribution is -0.142. The highest BCUT2D eigenvalue weighted by Crippen LogP contribution is 2.01. The van der Waals surface area contributed by atoms with Crippen LogP contribution in [0.4, 0.5) is 0 Å². The quantitative estimate of drug-likeness (QED) is 0.462. The molecule has 0 aliphatic carbocycles. The van der Waals surface area contributed by atoms with E-state index >= 15 is 0 Å². The Hall–Kier alpha value is -0.790. The first-order valence-electron chi connectivity index (χ1n) is 4.86. The Bertz CT molecular complexity index is 248. The molecular weight excluding hydrogens is 232 g/mol. The van der Waals surface area contributed by atoms with Gasteiger partial charge < -0.3 is 21.3 Å². The predicted molar refractivity (Wildman–Crippen MR) is 62.2 cm³/mol. The summed E-state index contributed by atoms with van der Waals surface area (Å²) >= 11 is 1.49. The summed E-state index contributed by atoms with van der Waals surface area (Å²) in [6, 6.07) is -2.05. The Morgan fingerprint density at radius 2 is 2.06 bits per heavy atom. The molecule has 7 heteroatoms. The molecule has 0 rings (SSSR count). The predicted octanol–water partition coefficient (Wildman–Crippen LogP) is -0.983. The first-order chi connectivity index (χ1) is 7.40. The van der Waals surface area contributed by atoms with Crippen LogP contribution in [-0.4, -0.2) is 52.3 Å². The van der Waals surface area contributed by atoms with Crippen molar-refractivity contribution in [2.45, 2.75) is 31.5 Å². The second-order valence-corrected chi connectivity index (χ2v) is 4.43. The molecule has 0 aliphatic rings. The standard InChI is InChI=1S/C9H18N2O4S/c1-5(12)7(10)8(13)11-6(9(14)15)3-4-16-2/h5-7,12H,3-4,10H2,1-2H3,(H,11,13)(H,14,15)/t5?,6-,7+/m1/s1. The van der Waals surface area contributed by atoms with E-state index in [0.717, 1.165) is 0 Å². The van der Waals surface area contributed by atoms with E-state index in [1.165, 1.54) is 18.7 Å². The van der Waals surface area contributed by atoms with Crippen LogP contribution in [0, 0.1) is 0 Å². The highest BCUT2D eigenvalue weighted by molar-refractivity contribution is 7.98. The van der Waals surface area contributed by atoms with Crippen molar-refractivity contribution in [2.24, 2.45) is 5.73 Å². The number of nitrogens with two attached hydrogens (primary N) is 1. The van der Waals surface area contributed by atoms with Crippen molar-refractivity contribution in [3.05, 3.63) is 0 Å². The number of carboxylic acid groups (broad SMARTS) is 1. The summed E-state index contributed by atoms with van der Waals surface area (Å²) in [7, 11) is 0. The van der Waals surface area contributed by atoms with Crippen molar-refractivity contribution < 1.29 is 19.8 Å². The first-order valence-corrected chi connectivity index (χ1v) is 6.25. The molecule has 0 saturated heterocycles. The summed E-state index contributed by atoms with van der Waals surface area (Å²) < 4.78 is 0. The molecule has 0 aromatic carbocycles. The van der Waals surface area contributed by atoms with Gasteiger partial charge in [-0.05, 0) is 25.4 Å². The second-order valence-electron chi connectivity index (χ2n) is 3.45. The first kappa shape index (κ1) is 15.2. The van der Waals surface area contributed by atoms with E-state index in [0.29, 0.717) is 12.2 Å². The second kappa shape index (κ2) is 7.48. The molecule has 0 aliphatic heterocycles.